The number of rotatable bonds is 13. The first-order valence-electron chi connectivity index (χ1n) is 13.6. The Morgan fingerprint density at radius 1 is 1.31 bits per heavy atom. The van der Waals surface area contributed by atoms with Crippen molar-refractivity contribution < 1.29 is 28.0 Å². The number of hydrogen-bond donors (Lipinski definition) is 6. The molecule has 7 N–H and O–H groups in total. The van der Waals surface area contributed by atoms with E-state index in [2.05, 4.69) is 51.7 Å². The van der Waals surface area contributed by atoms with Crippen molar-refractivity contribution in [3.8, 4) is 5.75 Å². The monoisotopic (exact) mass is 656 g/mol. The van der Waals surface area contributed by atoms with Gasteiger partial charge in [-0.1, -0.05) is 10.4 Å². The first-order chi connectivity index (χ1) is 21.7. The molecule has 4 aromatic rings. The minimum Gasteiger partial charge on any atom is -0.489 e. The van der Waals surface area contributed by atoms with Gasteiger partial charge in [0.05, 0.1) is 17.1 Å². The molecule has 0 saturated carbocycles. The van der Waals surface area contributed by atoms with Gasteiger partial charge in [0.2, 0.25) is 11.9 Å². The summed E-state index contributed by atoms with van der Waals surface area (Å²) in [5, 5.41) is 30.8. The van der Waals surface area contributed by atoms with Crippen molar-refractivity contribution in [2.45, 2.75) is 37.6 Å². The first-order valence-corrected chi connectivity index (χ1v) is 15.1. The molecule has 2 aliphatic heterocycles. The lowest BCUT2D eigenvalue weighted by Crippen LogP contribution is -2.76. The van der Waals surface area contributed by atoms with Crippen LogP contribution in [-0.4, -0.2) is 95.1 Å². The molecule has 2 fully saturated rings. The number of aromatic nitrogens is 6. The van der Waals surface area contributed by atoms with E-state index in [9.17, 15) is 9.59 Å². The first kappa shape index (κ1) is 30.4. The van der Waals surface area contributed by atoms with Gasteiger partial charge in [-0.2, -0.15) is 14.6 Å². The number of fused-ring (bicyclic) bond motifs is 1. The zero-order valence-electron chi connectivity index (χ0n) is 23.8. The van der Waals surface area contributed by atoms with Crippen LogP contribution in [0.5, 0.6) is 5.75 Å². The highest BCUT2D eigenvalue weighted by atomic mass is 32.2. The molecule has 0 radical (unpaired) electrons. The Balaban J connectivity index is 1.18. The Morgan fingerprint density at radius 3 is 2.82 bits per heavy atom. The van der Waals surface area contributed by atoms with Crippen LogP contribution in [0.25, 0.3) is 10.9 Å². The number of thiazole rings is 1. The molecule has 1 aromatic carbocycles. The number of tetrazole rings is 1. The zero-order chi connectivity index (χ0) is 31.6. The Hall–Kier alpha value is -4.63. The number of ether oxygens (including phenoxy) is 1. The van der Waals surface area contributed by atoms with E-state index >= 15 is 0 Å². The summed E-state index contributed by atoms with van der Waals surface area (Å²) >= 11 is 1.12. The number of carbonyl (C=O) groups excluding carboxylic acids is 2. The van der Waals surface area contributed by atoms with E-state index in [4.69, 9.17) is 24.1 Å². The standard InChI is InChI=1S/C25H28N12O6S2/c1-25(2)20(23(39)37(25)43-45-40)31-22(38)19(16-11-44-24(26)30-16)34-42-17(21-32-35-36-33-21)10-41-14-4-5-15-12(7-14)3-6-18(29-15)28-13-8-27-9-13/h3-7,11,13,17,20,27,40H,8-10H2,1-2H3,(H2,26,30)(H,28,29)(H,31,38)(H,32,33,35,36)/b34-19-/t17-,20-/m1/s1. The Kier molecular flexibility index (Phi) is 8.63. The maximum atomic E-state index is 13.4. The highest BCUT2D eigenvalue weighted by Gasteiger charge is 2.57. The topological polar surface area (TPSA) is 240 Å². The van der Waals surface area contributed by atoms with Crippen LogP contribution in [-0.2, 0) is 18.7 Å². The molecule has 45 heavy (non-hydrogen) atoms. The summed E-state index contributed by atoms with van der Waals surface area (Å²) in [6.45, 7) is 5.00. The summed E-state index contributed by atoms with van der Waals surface area (Å²) in [4.78, 5) is 40.5. The zero-order valence-corrected chi connectivity index (χ0v) is 25.5. The smallest absolute Gasteiger partial charge is 0.276 e. The molecule has 236 valence electrons. The highest BCUT2D eigenvalue weighted by Crippen LogP contribution is 2.34. The number of oxime groups is 1. The summed E-state index contributed by atoms with van der Waals surface area (Å²) in [6.07, 6.45) is -1.01. The summed E-state index contributed by atoms with van der Waals surface area (Å²) in [7, 11) is 0. The van der Waals surface area contributed by atoms with Crippen molar-refractivity contribution in [1.82, 2.24) is 46.3 Å². The molecule has 2 amide bonds. The number of carbonyl (C=O) groups is 2. The van der Waals surface area contributed by atoms with E-state index in [1.807, 2.05) is 24.3 Å². The second-order valence-corrected chi connectivity index (χ2v) is 11.8. The average molecular weight is 657 g/mol. The molecule has 3 aromatic heterocycles. The summed E-state index contributed by atoms with van der Waals surface area (Å²) < 4.78 is 19.9. The summed E-state index contributed by atoms with van der Waals surface area (Å²) in [5.41, 5.74) is 5.50. The van der Waals surface area contributed by atoms with E-state index in [1.165, 1.54) is 5.38 Å². The van der Waals surface area contributed by atoms with Crippen LogP contribution in [0.15, 0.2) is 40.9 Å². The Bertz CT molecular complexity index is 1710. The largest absolute Gasteiger partial charge is 0.489 e. The molecule has 2 aliphatic rings. The Morgan fingerprint density at radius 2 is 2.16 bits per heavy atom. The lowest BCUT2D eigenvalue weighted by Gasteiger charge is -2.50. The molecule has 2 atom stereocenters. The number of aromatic amines is 1. The van der Waals surface area contributed by atoms with E-state index in [0.717, 1.165) is 46.2 Å². The molecule has 6 rings (SSSR count). The molecular formula is C25H28N12O6S2. The molecule has 2 saturated heterocycles. The van der Waals surface area contributed by atoms with Crippen molar-refractivity contribution >= 4 is 63.0 Å². The van der Waals surface area contributed by atoms with Crippen molar-refractivity contribution in [3.05, 3.63) is 47.2 Å². The van der Waals surface area contributed by atoms with Crippen LogP contribution in [0.3, 0.4) is 0 Å². The summed E-state index contributed by atoms with van der Waals surface area (Å²) in [5.74, 6) is 0.107. The fraction of sp³-hybridized carbons (Fsp3) is 0.360. The number of anilines is 2. The van der Waals surface area contributed by atoms with Crippen molar-refractivity contribution in [2.24, 2.45) is 5.16 Å². The molecule has 20 heteroatoms. The van der Waals surface area contributed by atoms with Crippen LogP contribution < -0.4 is 26.4 Å². The second-order valence-electron chi connectivity index (χ2n) is 10.6. The van der Waals surface area contributed by atoms with Gasteiger partial charge in [0.25, 0.3) is 11.8 Å². The SMILES string of the molecule is CC1(C)[C@H](NC(=O)/C(=N\O[C@H](COc2ccc3nc(NC4CNC4)ccc3c2)c2nn[nH]n2)c2csc(N)n2)C(=O)N1OSO. The fourth-order valence-corrected chi connectivity index (χ4v) is 5.46. The lowest BCUT2D eigenvalue weighted by atomic mass is 9.84. The van der Waals surface area contributed by atoms with Crippen LogP contribution in [0.2, 0.25) is 0 Å². The van der Waals surface area contributed by atoms with Gasteiger partial charge in [-0.05, 0) is 44.2 Å². The highest BCUT2D eigenvalue weighted by molar-refractivity contribution is 7.88. The maximum absolute atomic E-state index is 13.4. The van der Waals surface area contributed by atoms with Crippen molar-refractivity contribution in [3.63, 3.8) is 0 Å². The van der Waals surface area contributed by atoms with Crippen LogP contribution in [0, 0.1) is 0 Å². The van der Waals surface area contributed by atoms with Gasteiger partial charge >= 0.3 is 0 Å². The quantitative estimate of drug-likeness (QED) is 0.0506. The predicted molar refractivity (Wildman–Crippen MR) is 163 cm³/mol. The molecule has 0 unspecified atom stereocenters. The van der Waals surface area contributed by atoms with Gasteiger partial charge in [-0.25, -0.2) is 9.97 Å². The molecular weight excluding hydrogens is 628 g/mol. The predicted octanol–water partition coefficient (Wildman–Crippen LogP) is 0.870. The number of benzene rings is 1. The number of nitrogen functional groups attached to an aromatic ring is 1. The van der Waals surface area contributed by atoms with Gasteiger partial charge in [-0.15, -0.1) is 21.5 Å². The average Bonchev–Trinajstić information content (AvgIpc) is 3.70. The fourth-order valence-electron chi connectivity index (χ4n) is 4.58. The van der Waals surface area contributed by atoms with E-state index < -0.39 is 29.5 Å². The maximum Gasteiger partial charge on any atom is 0.276 e. The number of nitrogens with one attached hydrogen (secondary N) is 4. The molecule has 5 heterocycles. The van der Waals surface area contributed by atoms with Crippen molar-refractivity contribution in [1.29, 1.82) is 0 Å². The number of amides is 2. The third-order valence-corrected chi connectivity index (χ3v) is 8.05. The number of pyridine rings is 1. The molecule has 0 bridgehead atoms. The summed E-state index contributed by atoms with van der Waals surface area (Å²) in [6, 6.07) is 8.71. The number of hydrogen-bond acceptors (Lipinski definition) is 17. The third-order valence-electron chi connectivity index (χ3n) is 7.16. The molecule has 18 nitrogen and oxygen atoms in total. The number of H-pyrrole nitrogens is 1. The third kappa shape index (κ3) is 6.44. The second kappa shape index (κ2) is 12.8. The van der Waals surface area contributed by atoms with E-state index in [0.29, 0.717) is 11.8 Å². The van der Waals surface area contributed by atoms with Crippen molar-refractivity contribution in [2.75, 3.05) is 30.7 Å². The minimum atomic E-state index is -1.01. The van der Waals surface area contributed by atoms with Gasteiger partial charge in [0.1, 0.15) is 29.9 Å². The van der Waals surface area contributed by atoms with Gasteiger partial charge < -0.3 is 35.8 Å². The number of β-lactam (4-membered cyclic amide) rings is 1. The molecule has 0 aliphatic carbocycles. The van der Waals surface area contributed by atoms with Crippen LogP contribution >= 0.6 is 23.7 Å². The van der Waals surface area contributed by atoms with Gasteiger partial charge in [-0.3, -0.25) is 9.59 Å². The lowest BCUT2D eigenvalue weighted by molar-refractivity contribution is -0.214. The van der Waals surface area contributed by atoms with Gasteiger partial charge in [0, 0.05) is 23.9 Å². The van der Waals surface area contributed by atoms with E-state index in [1.54, 1.807) is 19.9 Å². The van der Waals surface area contributed by atoms with E-state index in [-0.39, 0.29) is 41.3 Å². The number of nitrogens with two attached hydrogens (primary N) is 1. The van der Waals surface area contributed by atoms with Crippen LogP contribution in [0.4, 0.5) is 10.9 Å². The normalized spacial score (nSPS) is 18.6. The van der Waals surface area contributed by atoms with Crippen LogP contribution in [0.1, 0.15) is 31.5 Å². The van der Waals surface area contributed by atoms with Gasteiger partial charge in [0.15, 0.2) is 23.2 Å². The number of hydroxylamine groups is 2. The minimum absolute atomic E-state index is 0.0240. The Labute approximate surface area is 263 Å². The number of nitrogens with zero attached hydrogens (tertiary/aromatic N) is 7. The molecule has 0 spiro atoms.